The van der Waals surface area contributed by atoms with Crippen LogP contribution in [-0.2, 0) is 14.3 Å². The van der Waals surface area contributed by atoms with Crippen molar-refractivity contribution in [3.8, 4) is 0 Å². The first kappa shape index (κ1) is 16.5. The molecule has 2 heterocycles. The molecule has 2 aliphatic heterocycles. The van der Waals surface area contributed by atoms with Crippen LogP contribution in [0.15, 0.2) is 35.5 Å². The third kappa shape index (κ3) is 3.60. The summed E-state index contributed by atoms with van der Waals surface area (Å²) in [4.78, 5) is 12.3. The Balaban J connectivity index is 1.80. The third-order valence-corrected chi connectivity index (χ3v) is 5.52. The van der Waals surface area contributed by atoms with Crippen molar-refractivity contribution < 1.29 is 14.3 Å². The SMILES string of the molecule is C=C1CC/C=C(/C)CC[C@@H]2/C(=C\C[C@H]3OC3(C)C)COC(=O)[C@@H]12. The largest absolute Gasteiger partial charge is 0.461 e. The van der Waals surface area contributed by atoms with Crippen molar-refractivity contribution in [2.45, 2.75) is 64.6 Å². The molecule has 3 heteroatoms. The number of hydrogen-bond donors (Lipinski definition) is 0. The zero-order chi connectivity index (χ0) is 16.6. The van der Waals surface area contributed by atoms with Gasteiger partial charge in [-0.15, -0.1) is 0 Å². The van der Waals surface area contributed by atoms with E-state index in [2.05, 4.69) is 39.5 Å². The number of cyclic esters (lactones) is 1. The smallest absolute Gasteiger partial charge is 0.313 e. The van der Waals surface area contributed by atoms with E-state index in [0.717, 1.165) is 37.7 Å². The van der Waals surface area contributed by atoms with Crippen LogP contribution < -0.4 is 0 Å². The Kier molecular flexibility index (Phi) is 4.50. The van der Waals surface area contributed by atoms with Crippen LogP contribution in [0, 0.1) is 11.8 Å². The summed E-state index contributed by atoms with van der Waals surface area (Å²) in [5.74, 6) is -0.00537. The van der Waals surface area contributed by atoms with Gasteiger partial charge in [-0.3, -0.25) is 4.79 Å². The molecule has 126 valence electrons. The van der Waals surface area contributed by atoms with Crippen molar-refractivity contribution in [3.63, 3.8) is 0 Å². The van der Waals surface area contributed by atoms with Gasteiger partial charge in [-0.25, -0.2) is 0 Å². The molecule has 3 nitrogen and oxygen atoms in total. The molecule has 2 fully saturated rings. The molecule has 0 aromatic heterocycles. The number of allylic oxidation sites excluding steroid dienone is 2. The van der Waals surface area contributed by atoms with Crippen LogP contribution in [0.3, 0.4) is 0 Å². The monoisotopic (exact) mass is 316 g/mol. The number of rotatable bonds is 2. The minimum absolute atomic E-state index is 0.00312. The zero-order valence-corrected chi connectivity index (χ0v) is 14.6. The molecule has 3 aliphatic rings. The summed E-state index contributed by atoms with van der Waals surface area (Å²) in [6, 6.07) is 0. The lowest BCUT2D eigenvalue weighted by Crippen LogP contribution is -2.35. The van der Waals surface area contributed by atoms with Crippen LogP contribution in [0.2, 0.25) is 0 Å². The van der Waals surface area contributed by atoms with Crippen molar-refractivity contribution in [3.05, 3.63) is 35.5 Å². The van der Waals surface area contributed by atoms with Crippen molar-refractivity contribution in [2.24, 2.45) is 11.8 Å². The first-order chi connectivity index (χ1) is 10.9. The minimum atomic E-state index is -0.164. The average molecular weight is 316 g/mol. The summed E-state index contributed by atoms with van der Waals surface area (Å²) < 4.78 is 11.1. The highest BCUT2D eigenvalue weighted by Crippen LogP contribution is 2.41. The highest BCUT2D eigenvalue weighted by Gasteiger charge is 2.47. The third-order valence-electron chi connectivity index (χ3n) is 5.52. The number of carbonyl (C=O) groups excluding carboxylic acids is 1. The average Bonchev–Trinajstić information content (AvgIpc) is 3.08. The van der Waals surface area contributed by atoms with Crippen molar-refractivity contribution >= 4 is 5.97 Å². The second-order valence-corrected chi connectivity index (χ2v) is 7.70. The fraction of sp³-hybridized carbons (Fsp3) is 0.650. The van der Waals surface area contributed by atoms with Crippen LogP contribution in [0.1, 0.15) is 52.9 Å². The number of epoxide rings is 1. The Bertz CT molecular complexity index is 567. The Morgan fingerprint density at radius 2 is 2.13 bits per heavy atom. The quantitative estimate of drug-likeness (QED) is 0.432. The normalized spacial score (nSPS) is 37.8. The summed E-state index contributed by atoms with van der Waals surface area (Å²) in [7, 11) is 0. The minimum Gasteiger partial charge on any atom is -0.461 e. The first-order valence-corrected chi connectivity index (χ1v) is 8.75. The van der Waals surface area contributed by atoms with Gasteiger partial charge in [0.1, 0.15) is 6.61 Å². The van der Waals surface area contributed by atoms with Crippen molar-refractivity contribution in [2.75, 3.05) is 6.61 Å². The molecule has 0 spiro atoms. The Hall–Kier alpha value is -1.35. The van der Waals surface area contributed by atoms with Crippen molar-refractivity contribution in [1.82, 2.24) is 0 Å². The summed E-state index contributed by atoms with van der Waals surface area (Å²) in [6.45, 7) is 11.1. The van der Waals surface area contributed by atoms with Gasteiger partial charge in [0.15, 0.2) is 0 Å². The summed E-state index contributed by atoms with van der Waals surface area (Å²) in [5.41, 5.74) is 3.71. The maximum Gasteiger partial charge on any atom is 0.313 e. The number of hydrogen-bond acceptors (Lipinski definition) is 3. The van der Waals surface area contributed by atoms with Gasteiger partial charge in [-0.2, -0.15) is 0 Å². The molecule has 3 atom stereocenters. The Morgan fingerprint density at radius 3 is 2.83 bits per heavy atom. The molecule has 3 rings (SSSR count). The number of ether oxygens (including phenoxy) is 2. The van der Waals surface area contributed by atoms with E-state index < -0.39 is 0 Å². The molecular formula is C20H28O3. The van der Waals surface area contributed by atoms with E-state index in [1.54, 1.807) is 0 Å². The predicted octanol–water partition coefficient (Wildman–Crippen LogP) is 4.35. The molecular weight excluding hydrogens is 288 g/mol. The molecule has 0 aromatic rings. The molecule has 23 heavy (non-hydrogen) atoms. The fourth-order valence-corrected chi connectivity index (χ4v) is 3.81. The lowest BCUT2D eigenvalue weighted by atomic mass is 9.76. The van der Waals surface area contributed by atoms with Gasteiger partial charge in [0.2, 0.25) is 0 Å². The maximum atomic E-state index is 12.3. The molecule has 0 N–H and O–H groups in total. The van der Waals surface area contributed by atoms with Gasteiger partial charge in [-0.1, -0.05) is 29.9 Å². The standard InChI is InChI=1S/C20H28O3/c1-13-6-5-7-14(2)18-16(10-8-13)15(12-22-19(18)21)9-11-17-20(3,4)23-17/h6,9,16-18H,2,5,7-8,10-12H2,1,3-4H3/b13-6-,15-9-/t16-,17-,18+/m1/s1. The van der Waals surface area contributed by atoms with E-state index in [9.17, 15) is 4.79 Å². The van der Waals surface area contributed by atoms with Crippen LogP contribution in [0.4, 0.5) is 0 Å². The lowest BCUT2D eigenvalue weighted by Gasteiger charge is -2.33. The van der Waals surface area contributed by atoms with Crippen LogP contribution >= 0.6 is 0 Å². The summed E-state index contributed by atoms with van der Waals surface area (Å²) in [5, 5.41) is 0. The molecule has 0 radical (unpaired) electrons. The second-order valence-electron chi connectivity index (χ2n) is 7.70. The molecule has 1 aliphatic carbocycles. The van der Waals surface area contributed by atoms with Gasteiger partial charge >= 0.3 is 5.97 Å². The molecule has 0 amide bonds. The van der Waals surface area contributed by atoms with E-state index in [1.165, 1.54) is 11.1 Å². The Morgan fingerprint density at radius 1 is 1.39 bits per heavy atom. The van der Waals surface area contributed by atoms with E-state index in [4.69, 9.17) is 9.47 Å². The molecule has 0 aromatic carbocycles. The second kappa shape index (κ2) is 6.27. The maximum absolute atomic E-state index is 12.3. The van der Waals surface area contributed by atoms with E-state index in [0.29, 0.717) is 12.7 Å². The highest BCUT2D eigenvalue weighted by molar-refractivity contribution is 5.78. The fourth-order valence-electron chi connectivity index (χ4n) is 3.81. The zero-order valence-electron chi connectivity index (χ0n) is 14.6. The van der Waals surface area contributed by atoms with E-state index >= 15 is 0 Å². The highest BCUT2D eigenvalue weighted by atomic mass is 16.6. The first-order valence-electron chi connectivity index (χ1n) is 8.75. The van der Waals surface area contributed by atoms with Gasteiger partial charge in [0.25, 0.3) is 0 Å². The predicted molar refractivity (Wildman–Crippen MR) is 91.0 cm³/mol. The van der Waals surface area contributed by atoms with Crippen LogP contribution in [-0.4, -0.2) is 24.3 Å². The number of carbonyl (C=O) groups is 1. The molecule has 0 unspecified atom stereocenters. The van der Waals surface area contributed by atoms with Gasteiger partial charge in [-0.05, 0) is 58.4 Å². The number of fused-ring (bicyclic) bond motifs is 1. The van der Waals surface area contributed by atoms with Crippen LogP contribution in [0.5, 0.6) is 0 Å². The van der Waals surface area contributed by atoms with E-state index in [-0.39, 0.29) is 23.4 Å². The summed E-state index contributed by atoms with van der Waals surface area (Å²) >= 11 is 0. The van der Waals surface area contributed by atoms with Gasteiger partial charge in [0.05, 0.1) is 17.6 Å². The van der Waals surface area contributed by atoms with Crippen molar-refractivity contribution in [1.29, 1.82) is 0 Å². The number of esters is 1. The molecule has 0 saturated carbocycles. The van der Waals surface area contributed by atoms with Gasteiger partial charge < -0.3 is 9.47 Å². The Labute approximate surface area is 139 Å². The van der Waals surface area contributed by atoms with Gasteiger partial charge in [0, 0.05) is 5.92 Å². The topological polar surface area (TPSA) is 38.8 Å². The molecule has 2 saturated heterocycles. The lowest BCUT2D eigenvalue weighted by molar-refractivity contribution is -0.151. The molecule has 0 bridgehead atoms. The van der Waals surface area contributed by atoms with E-state index in [1.807, 2.05) is 0 Å². The summed E-state index contributed by atoms with van der Waals surface area (Å²) in [6.07, 6.45) is 9.65. The van der Waals surface area contributed by atoms with Crippen LogP contribution in [0.25, 0.3) is 0 Å².